The molecule has 0 aliphatic carbocycles. The van der Waals surface area contributed by atoms with Crippen molar-refractivity contribution < 1.29 is 4.39 Å². The first-order chi connectivity index (χ1) is 12.6. The first-order valence-electron chi connectivity index (χ1n) is 8.41. The number of anilines is 2. The quantitative estimate of drug-likeness (QED) is 0.624. The van der Waals surface area contributed by atoms with Gasteiger partial charge in [-0.2, -0.15) is 4.98 Å². The first kappa shape index (κ1) is 18.1. The van der Waals surface area contributed by atoms with Gasteiger partial charge in [-0.15, -0.1) is 0 Å². The Balaban J connectivity index is 1.58. The van der Waals surface area contributed by atoms with Crippen molar-refractivity contribution in [1.82, 2.24) is 9.97 Å². The molecule has 26 heavy (non-hydrogen) atoms. The summed E-state index contributed by atoms with van der Waals surface area (Å²) >= 11 is 5.89. The summed E-state index contributed by atoms with van der Waals surface area (Å²) in [4.78, 5) is 8.84. The maximum atomic E-state index is 13.7. The van der Waals surface area contributed by atoms with Crippen LogP contribution in [-0.2, 0) is 13.0 Å². The van der Waals surface area contributed by atoms with Gasteiger partial charge < -0.3 is 10.6 Å². The number of hydrogen-bond acceptors (Lipinski definition) is 4. The van der Waals surface area contributed by atoms with Crippen molar-refractivity contribution >= 4 is 23.4 Å². The molecule has 2 N–H and O–H groups in total. The van der Waals surface area contributed by atoms with Crippen LogP contribution in [0.1, 0.15) is 16.8 Å². The van der Waals surface area contributed by atoms with Crippen LogP contribution < -0.4 is 10.6 Å². The van der Waals surface area contributed by atoms with Crippen LogP contribution in [0.3, 0.4) is 0 Å². The van der Waals surface area contributed by atoms with Crippen LogP contribution in [0.4, 0.5) is 16.2 Å². The maximum absolute atomic E-state index is 13.7. The van der Waals surface area contributed by atoms with Crippen molar-refractivity contribution in [3.05, 3.63) is 82.3 Å². The van der Waals surface area contributed by atoms with Crippen LogP contribution in [0.15, 0.2) is 54.6 Å². The molecule has 0 aliphatic rings. The third kappa shape index (κ3) is 5.17. The van der Waals surface area contributed by atoms with Crippen LogP contribution in [0.25, 0.3) is 0 Å². The molecule has 0 bridgehead atoms. The zero-order valence-electron chi connectivity index (χ0n) is 14.5. The van der Waals surface area contributed by atoms with E-state index in [9.17, 15) is 4.39 Å². The second-order valence-electron chi connectivity index (χ2n) is 5.97. The molecule has 134 valence electrons. The molecule has 0 atom stereocenters. The highest BCUT2D eigenvalue weighted by Gasteiger charge is 2.04. The number of aryl methyl sites for hydroxylation is 1. The van der Waals surface area contributed by atoms with Gasteiger partial charge in [0.2, 0.25) is 5.95 Å². The van der Waals surface area contributed by atoms with E-state index in [0.717, 1.165) is 17.1 Å². The zero-order valence-corrected chi connectivity index (χ0v) is 15.2. The first-order valence-corrected chi connectivity index (χ1v) is 8.79. The van der Waals surface area contributed by atoms with Gasteiger partial charge in [-0.3, -0.25) is 0 Å². The monoisotopic (exact) mass is 370 g/mol. The third-order valence-corrected chi connectivity index (χ3v) is 4.13. The second kappa shape index (κ2) is 8.63. The Kier molecular flexibility index (Phi) is 6.02. The highest BCUT2D eigenvalue weighted by Crippen LogP contribution is 2.14. The van der Waals surface area contributed by atoms with E-state index in [4.69, 9.17) is 11.6 Å². The third-order valence-electron chi connectivity index (χ3n) is 3.88. The zero-order chi connectivity index (χ0) is 18.4. The molecule has 0 spiro atoms. The molecule has 1 aromatic heterocycles. The standard InChI is InChI=1S/C20H20ClFN4/c1-14-12-19(24-13-16-4-2-3-5-18(16)22)26-20(25-14)23-11-10-15-6-8-17(21)9-7-15/h2-9,12H,10-11,13H2,1H3,(H2,23,24,25,26). The average molecular weight is 371 g/mol. The van der Waals surface area contributed by atoms with Gasteiger partial charge in [0, 0.05) is 35.4 Å². The Labute approximate surface area is 157 Å². The minimum absolute atomic E-state index is 0.230. The molecule has 0 aliphatic heterocycles. The summed E-state index contributed by atoms with van der Waals surface area (Å²) in [5.41, 5.74) is 2.62. The van der Waals surface area contributed by atoms with Crippen molar-refractivity contribution in [3.63, 3.8) is 0 Å². The van der Waals surface area contributed by atoms with E-state index in [1.54, 1.807) is 12.1 Å². The molecule has 2 aromatic carbocycles. The SMILES string of the molecule is Cc1cc(NCc2ccccc2F)nc(NCCc2ccc(Cl)cc2)n1. The van der Waals surface area contributed by atoms with Crippen molar-refractivity contribution in [1.29, 1.82) is 0 Å². The number of nitrogens with one attached hydrogen (secondary N) is 2. The molecule has 3 aromatic rings. The predicted molar refractivity (Wildman–Crippen MR) is 104 cm³/mol. The largest absolute Gasteiger partial charge is 0.366 e. The van der Waals surface area contributed by atoms with E-state index in [1.165, 1.54) is 11.6 Å². The van der Waals surface area contributed by atoms with E-state index >= 15 is 0 Å². The topological polar surface area (TPSA) is 49.8 Å². The number of nitrogens with zero attached hydrogens (tertiary/aromatic N) is 2. The Morgan fingerprint density at radius 2 is 1.77 bits per heavy atom. The lowest BCUT2D eigenvalue weighted by molar-refractivity contribution is 0.613. The lowest BCUT2D eigenvalue weighted by atomic mass is 10.1. The van der Waals surface area contributed by atoms with E-state index < -0.39 is 0 Å². The summed E-state index contributed by atoms with van der Waals surface area (Å²) in [6.45, 7) is 2.98. The Bertz CT molecular complexity index is 868. The fraction of sp³-hybridized carbons (Fsp3) is 0.200. The highest BCUT2D eigenvalue weighted by molar-refractivity contribution is 6.30. The molecule has 0 fully saturated rings. The predicted octanol–water partition coefficient (Wildman–Crippen LogP) is 4.84. The van der Waals surface area contributed by atoms with Crippen molar-refractivity contribution in [2.75, 3.05) is 17.2 Å². The van der Waals surface area contributed by atoms with Crippen LogP contribution in [0.2, 0.25) is 5.02 Å². The molecular weight excluding hydrogens is 351 g/mol. The van der Waals surface area contributed by atoms with Crippen LogP contribution in [0, 0.1) is 12.7 Å². The van der Waals surface area contributed by atoms with Gasteiger partial charge in [0.05, 0.1) is 0 Å². The number of halogens is 2. The van der Waals surface area contributed by atoms with E-state index in [1.807, 2.05) is 43.3 Å². The molecule has 0 unspecified atom stereocenters. The van der Waals surface area contributed by atoms with Crippen molar-refractivity contribution in [2.24, 2.45) is 0 Å². The minimum Gasteiger partial charge on any atom is -0.366 e. The molecule has 6 heteroatoms. The average Bonchev–Trinajstić information content (AvgIpc) is 2.62. The number of aromatic nitrogens is 2. The van der Waals surface area contributed by atoms with Gasteiger partial charge in [0.15, 0.2) is 0 Å². The summed E-state index contributed by atoms with van der Waals surface area (Å²) in [6.07, 6.45) is 0.840. The van der Waals surface area contributed by atoms with Gasteiger partial charge in [-0.1, -0.05) is 41.9 Å². The smallest absolute Gasteiger partial charge is 0.224 e. The van der Waals surface area contributed by atoms with Gasteiger partial charge in [-0.25, -0.2) is 9.37 Å². The molecule has 0 radical (unpaired) electrons. The lowest BCUT2D eigenvalue weighted by Gasteiger charge is -2.10. The fourth-order valence-corrected chi connectivity index (χ4v) is 2.66. The summed E-state index contributed by atoms with van der Waals surface area (Å²) < 4.78 is 13.7. The van der Waals surface area contributed by atoms with E-state index in [-0.39, 0.29) is 5.82 Å². The van der Waals surface area contributed by atoms with Crippen LogP contribution in [-0.4, -0.2) is 16.5 Å². The van der Waals surface area contributed by atoms with Gasteiger partial charge in [0.25, 0.3) is 0 Å². The van der Waals surface area contributed by atoms with Gasteiger partial charge in [0.1, 0.15) is 11.6 Å². The Hall–Kier alpha value is -2.66. The number of hydrogen-bond donors (Lipinski definition) is 2. The van der Waals surface area contributed by atoms with Crippen LogP contribution in [0.5, 0.6) is 0 Å². The Morgan fingerprint density at radius 3 is 2.54 bits per heavy atom. The second-order valence-corrected chi connectivity index (χ2v) is 6.40. The molecule has 4 nitrogen and oxygen atoms in total. The minimum atomic E-state index is -0.230. The normalized spacial score (nSPS) is 10.6. The van der Waals surface area contributed by atoms with E-state index in [2.05, 4.69) is 20.6 Å². The highest BCUT2D eigenvalue weighted by atomic mass is 35.5. The Morgan fingerprint density at radius 1 is 1.00 bits per heavy atom. The molecule has 3 rings (SSSR count). The number of benzene rings is 2. The summed E-state index contributed by atoms with van der Waals surface area (Å²) in [7, 11) is 0. The van der Waals surface area contributed by atoms with Gasteiger partial charge >= 0.3 is 0 Å². The number of rotatable bonds is 7. The molecule has 0 saturated heterocycles. The molecule has 1 heterocycles. The fourth-order valence-electron chi connectivity index (χ4n) is 2.54. The lowest BCUT2D eigenvalue weighted by Crippen LogP contribution is -2.11. The molecule has 0 saturated carbocycles. The summed E-state index contributed by atoms with van der Waals surface area (Å²) in [5, 5.41) is 7.11. The van der Waals surface area contributed by atoms with Crippen molar-refractivity contribution in [2.45, 2.75) is 19.9 Å². The summed E-state index contributed by atoms with van der Waals surface area (Å²) in [5.74, 6) is 0.983. The van der Waals surface area contributed by atoms with Crippen LogP contribution >= 0.6 is 11.6 Å². The molecular formula is C20H20ClFN4. The molecule has 0 amide bonds. The maximum Gasteiger partial charge on any atom is 0.224 e. The summed E-state index contributed by atoms with van der Waals surface area (Å²) in [6, 6.07) is 16.3. The van der Waals surface area contributed by atoms with Crippen molar-refractivity contribution in [3.8, 4) is 0 Å². The van der Waals surface area contributed by atoms with E-state index in [0.29, 0.717) is 30.4 Å². The van der Waals surface area contributed by atoms with Gasteiger partial charge in [-0.05, 0) is 37.1 Å².